The topological polar surface area (TPSA) is 102 Å². The Morgan fingerprint density at radius 3 is 2.93 bits per heavy atom. The van der Waals surface area contributed by atoms with Crippen LogP contribution in [0, 0.1) is 0 Å². The molecule has 27 heavy (non-hydrogen) atoms. The van der Waals surface area contributed by atoms with Gasteiger partial charge < -0.3 is 30.8 Å². The fraction of sp³-hybridized carbons (Fsp3) is 0.368. The maximum atomic E-state index is 12.1. The molecule has 0 aliphatic carbocycles. The Hall–Kier alpha value is -3.00. The summed E-state index contributed by atoms with van der Waals surface area (Å²) < 4.78 is 3.78. The van der Waals surface area contributed by atoms with Crippen molar-refractivity contribution >= 4 is 34.3 Å². The van der Waals surface area contributed by atoms with Gasteiger partial charge in [0.2, 0.25) is 5.95 Å². The molecule has 2 aromatic heterocycles. The summed E-state index contributed by atoms with van der Waals surface area (Å²) in [6, 6.07) is 8.32. The van der Waals surface area contributed by atoms with Gasteiger partial charge in [0.15, 0.2) is 11.5 Å². The summed E-state index contributed by atoms with van der Waals surface area (Å²) in [5, 5.41) is 11.2. The van der Waals surface area contributed by atoms with Crippen LogP contribution in [0.5, 0.6) is 0 Å². The van der Waals surface area contributed by atoms with E-state index in [1.165, 1.54) is 0 Å². The number of fused-ring (bicyclic) bond motifs is 1. The number of aryl methyl sites for hydroxylation is 1. The first-order valence-electron chi connectivity index (χ1n) is 9.19. The number of nitrogens with zero attached hydrogens (tertiary/aromatic N) is 3. The predicted molar refractivity (Wildman–Crippen MR) is 107 cm³/mol. The highest BCUT2D eigenvalue weighted by Gasteiger charge is 2.22. The lowest BCUT2D eigenvalue weighted by Crippen LogP contribution is -2.39. The van der Waals surface area contributed by atoms with E-state index in [0.29, 0.717) is 17.5 Å². The number of hydrogen-bond acceptors (Lipinski definition) is 5. The molecule has 8 heteroatoms. The molecule has 1 aliphatic heterocycles. The van der Waals surface area contributed by atoms with Gasteiger partial charge in [0.05, 0.1) is 0 Å². The first-order chi connectivity index (χ1) is 13.0. The highest BCUT2D eigenvalue weighted by atomic mass is 16.1. The Labute approximate surface area is 157 Å². The molecule has 1 amide bonds. The summed E-state index contributed by atoms with van der Waals surface area (Å²) in [7, 11) is 3.81. The average molecular weight is 367 g/mol. The number of imidazole rings is 1. The van der Waals surface area contributed by atoms with Gasteiger partial charge >= 0.3 is 0 Å². The molecule has 1 atom stereocenters. The second-order valence-corrected chi connectivity index (χ2v) is 7.03. The lowest BCUT2D eigenvalue weighted by atomic mass is 10.1. The van der Waals surface area contributed by atoms with E-state index in [9.17, 15) is 4.79 Å². The van der Waals surface area contributed by atoms with E-state index in [0.717, 1.165) is 42.5 Å². The molecule has 1 fully saturated rings. The van der Waals surface area contributed by atoms with Gasteiger partial charge in [0, 0.05) is 49.5 Å². The molecule has 1 saturated heterocycles. The first-order valence-corrected chi connectivity index (χ1v) is 9.19. The van der Waals surface area contributed by atoms with Gasteiger partial charge in [0.25, 0.3) is 5.91 Å². The van der Waals surface area contributed by atoms with Gasteiger partial charge in [-0.2, -0.15) is 4.98 Å². The van der Waals surface area contributed by atoms with E-state index in [4.69, 9.17) is 5.73 Å². The van der Waals surface area contributed by atoms with Crippen LogP contribution >= 0.6 is 0 Å². The minimum absolute atomic E-state index is 0.283. The second-order valence-electron chi connectivity index (χ2n) is 7.03. The Bertz CT molecular complexity index is 982. The summed E-state index contributed by atoms with van der Waals surface area (Å²) in [6.07, 6.45) is 4.19. The molecule has 0 unspecified atom stereocenters. The summed E-state index contributed by atoms with van der Waals surface area (Å²) in [5.41, 5.74) is 7.99. The molecule has 0 radical (unpaired) electrons. The highest BCUT2D eigenvalue weighted by Crippen LogP contribution is 2.29. The Morgan fingerprint density at radius 1 is 1.33 bits per heavy atom. The fourth-order valence-electron chi connectivity index (χ4n) is 3.69. The third-order valence-electron chi connectivity index (χ3n) is 5.14. The third kappa shape index (κ3) is 3.23. The van der Waals surface area contributed by atoms with Crippen molar-refractivity contribution in [3.63, 3.8) is 0 Å². The molecule has 8 nitrogen and oxygen atoms in total. The van der Waals surface area contributed by atoms with Gasteiger partial charge in [-0.3, -0.25) is 4.79 Å². The number of rotatable bonds is 5. The van der Waals surface area contributed by atoms with Crippen LogP contribution in [0.3, 0.4) is 0 Å². The second kappa shape index (κ2) is 6.96. The normalized spacial score (nSPS) is 17.2. The number of anilines is 3. The standard InChI is InChI=1S/C19H25N7O/c1-25-10-8-13-14(6-3-7-15(13)25)23-18-16(17(20)27)26(2)19(24-18)22-12-5-4-9-21-11-12/h3,6-8,10,12,21,23H,4-5,9,11H2,1-2H3,(H2,20,27)(H,22,24)/t12-/m0/s1. The minimum Gasteiger partial charge on any atom is -0.364 e. The first kappa shape index (κ1) is 17.4. The summed E-state index contributed by atoms with van der Waals surface area (Å²) >= 11 is 0. The number of hydrogen-bond donors (Lipinski definition) is 4. The predicted octanol–water partition coefficient (Wildman–Crippen LogP) is 1.92. The number of nitrogens with two attached hydrogens (primary N) is 1. The van der Waals surface area contributed by atoms with Gasteiger partial charge in [-0.25, -0.2) is 0 Å². The van der Waals surface area contributed by atoms with Crippen LogP contribution in [0.2, 0.25) is 0 Å². The van der Waals surface area contributed by atoms with E-state index in [2.05, 4.69) is 31.6 Å². The van der Waals surface area contributed by atoms with E-state index >= 15 is 0 Å². The number of piperidine rings is 1. The van der Waals surface area contributed by atoms with Crippen molar-refractivity contribution in [3.8, 4) is 0 Å². The Balaban J connectivity index is 1.68. The van der Waals surface area contributed by atoms with Crippen molar-refractivity contribution in [1.82, 2.24) is 19.4 Å². The lowest BCUT2D eigenvalue weighted by Gasteiger charge is -2.24. The van der Waals surface area contributed by atoms with E-state index < -0.39 is 5.91 Å². The molecular weight excluding hydrogens is 342 g/mol. The van der Waals surface area contributed by atoms with Crippen LogP contribution < -0.4 is 21.7 Å². The Kier molecular flexibility index (Phi) is 4.49. The number of primary amides is 1. The maximum Gasteiger partial charge on any atom is 0.269 e. The van der Waals surface area contributed by atoms with Crippen LogP contribution in [0.15, 0.2) is 30.5 Å². The number of nitrogens with one attached hydrogen (secondary N) is 3. The molecule has 1 aromatic carbocycles. The number of carbonyl (C=O) groups excluding carboxylic acids is 1. The molecule has 4 rings (SSSR count). The number of aromatic nitrogens is 3. The van der Waals surface area contributed by atoms with Crippen molar-refractivity contribution in [2.45, 2.75) is 18.9 Å². The molecule has 3 aromatic rings. The van der Waals surface area contributed by atoms with Crippen molar-refractivity contribution in [2.75, 3.05) is 23.7 Å². The maximum absolute atomic E-state index is 12.1. The number of carbonyl (C=O) groups is 1. The van der Waals surface area contributed by atoms with Crippen LogP contribution in [-0.2, 0) is 14.1 Å². The molecule has 5 N–H and O–H groups in total. The van der Waals surface area contributed by atoms with E-state index in [1.807, 2.05) is 31.4 Å². The number of benzene rings is 1. The van der Waals surface area contributed by atoms with E-state index in [-0.39, 0.29) is 6.04 Å². The fourth-order valence-corrected chi connectivity index (χ4v) is 3.69. The van der Waals surface area contributed by atoms with Crippen LogP contribution in [0.25, 0.3) is 10.9 Å². The molecular formula is C19H25N7O. The zero-order valence-electron chi connectivity index (χ0n) is 15.6. The van der Waals surface area contributed by atoms with Crippen LogP contribution in [-0.4, -0.2) is 39.2 Å². The SMILES string of the molecule is Cn1c(N[C@H]2CCCNC2)nc(Nc2cccc3c2ccn3C)c1C(N)=O. The van der Waals surface area contributed by atoms with Crippen molar-refractivity contribution in [3.05, 3.63) is 36.2 Å². The van der Waals surface area contributed by atoms with Crippen molar-refractivity contribution in [1.29, 1.82) is 0 Å². The average Bonchev–Trinajstić information content (AvgIpc) is 3.17. The lowest BCUT2D eigenvalue weighted by molar-refractivity contribution is 0.0993. The summed E-state index contributed by atoms with van der Waals surface area (Å²) in [6.45, 7) is 1.92. The van der Waals surface area contributed by atoms with Gasteiger partial charge in [-0.05, 0) is 37.6 Å². The van der Waals surface area contributed by atoms with Gasteiger partial charge in [-0.15, -0.1) is 0 Å². The smallest absolute Gasteiger partial charge is 0.269 e. The third-order valence-corrected chi connectivity index (χ3v) is 5.14. The van der Waals surface area contributed by atoms with Crippen molar-refractivity contribution in [2.24, 2.45) is 19.8 Å². The summed E-state index contributed by atoms with van der Waals surface area (Å²) in [5.74, 6) is 0.593. The zero-order valence-corrected chi connectivity index (χ0v) is 15.6. The molecule has 0 saturated carbocycles. The van der Waals surface area contributed by atoms with Crippen molar-refractivity contribution < 1.29 is 4.79 Å². The highest BCUT2D eigenvalue weighted by molar-refractivity contribution is 6.00. The zero-order chi connectivity index (χ0) is 19.0. The van der Waals surface area contributed by atoms with Gasteiger partial charge in [-0.1, -0.05) is 6.07 Å². The molecule has 142 valence electrons. The molecule has 0 bridgehead atoms. The largest absolute Gasteiger partial charge is 0.364 e. The number of amides is 1. The quantitative estimate of drug-likeness (QED) is 0.552. The molecule has 3 heterocycles. The van der Waals surface area contributed by atoms with Gasteiger partial charge in [0.1, 0.15) is 0 Å². The molecule has 1 aliphatic rings. The minimum atomic E-state index is -0.512. The van der Waals surface area contributed by atoms with Crippen LogP contribution in [0.4, 0.5) is 17.5 Å². The molecule has 0 spiro atoms. The Morgan fingerprint density at radius 2 is 2.19 bits per heavy atom. The van der Waals surface area contributed by atoms with E-state index in [1.54, 1.807) is 11.6 Å². The monoisotopic (exact) mass is 367 g/mol. The van der Waals surface area contributed by atoms with Crippen LogP contribution in [0.1, 0.15) is 23.3 Å². The summed E-state index contributed by atoms with van der Waals surface area (Å²) in [4.78, 5) is 16.7.